The number of nitrogen functional groups attached to an aromatic ring is 1. The van der Waals surface area contributed by atoms with Crippen molar-refractivity contribution < 1.29 is 4.79 Å². The van der Waals surface area contributed by atoms with Crippen LogP contribution < -0.4 is 11.1 Å². The molecule has 1 saturated carbocycles. The standard InChI is InChI=1S/C17H26N2O/c1-12-10-13(2)16(18)11-15(12)17(20)19-9-8-14-6-4-3-5-7-14/h10-11,14H,3-9,18H2,1-2H3,(H,19,20). The highest BCUT2D eigenvalue weighted by Crippen LogP contribution is 2.25. The SMILES string of the molecule is Cc1cc(C)c(C(=O)NCCC2CCCCC2)cc1N. The third kappa shape index (κ3) is 3.75. The molecule has 1 aromatic carbocycles. The lowest BCUT2D eigenvalue weighted by Crippen LogP contribution is -2.27. The van der Waals surface area contributed by atoms with Crippen LogP contribution in [0.5, 0.6) is 0 Å². The van der Waals surface area contributed by atoms with Crippen LogP contribution in [0, 0.1) is 19.8 Å². The summed E-state index contributed by atoms with van der Waals surface area (Å²) >= 11 is 0. The summed E-state index contributed by atoms with van der Waals surface area (Å²) in [7, 11) is 0. The minimum atomic E-state index is 0.00464. The quantitative estimate of drug-likeness (QED) is 0.824. The molecule has 1 aliphatic rings. The average molecular weight is 274 g/mol. The van der Waals surface area contributed by atoms with Crippen LogP contribution >= 0.6 is 0 Å². The van der Waals surface area contributed by atoms with Crippen LogP contribution in [-0.4, -0.2) is 12.5 Å². The van der Waals surface area contributed by atoms with Gasteiger partial charge < -0.3 is 11.1 Å². The Labute approximate surface area is 121 Å². The van der Waals surface area contributed by atoms with E-state index in [1.165, 1.54) is 32.1 Å². The molecule has 1 aliphatic carbocycles. The number of nitrogens with two attached hydrogens (primary N) is 1. The molecule has 1 aromatic rings. The first-order valence-electron chi connectivity index (χ1n) is 7.73. The number of carbonyl (C=O) groups is 1. The lowest BCUT2D eigenvalue weighted by atomic mass is 9.87. The number of nitrogens with one attached hydrogen (secondary N) is 1. The van der Waals surface area contributed by atoms with E-state index in [2.05, 4.69) is 5.32 Å². The molecule has 0 spiro atoms. The molecule has 0 heterocycles. The second-order valence-corrected chi connectivity index (χ2v) is 6.07. The Bertz CT molecular complexity index is 476. The molecule has 1 fully saturated rings. The number of rotatable bonds is 4. The van der Waals surface area contributed by atoms with Crippen molar-refractivity contribution in [2.75, 3.05) is 12.3 Å². The van der Waals surface area contributed by atoms with Gasteiger partial charge in [-0.25, -0.2) is 0 Å². The summed E-state index contributed by atoms with van der Waals surface area (Å²) in [4.78, 5) is 12.2. The van der Waals surface area contributed by atoms with Gasteiger partial charge in [0.15, 0.2) is 0 Å². The molecule has 0 radical (unpaired) electrons. The van der Waals surface area contributed by atoms with Gasteiger partial charge in [0.1, 0.15) is 0 Å². The predicted octanol–water partition coefficient (Wildman–Crippen LogP) is 3.59. The van der Waals surface area contributed by atoms with E-state index in [9.17, 15) is 4.79 Å². The zero-order valence-corrected chi connectivity index (χ0v) is 12.7. The van der Waals surface area contributed by atoms with Crippen LogP contribution in [0.2, 0.25) is 0 Å². The first-order valence-corrected chi connectivity index (χ1v) is 7.73. The molecule has 0 unspecified atom stereocenters. The Morgan fingerprint density at radius 1 is 1.20 bits per heavy atom. The van der Waals surface area contributed by atoms with Gasteiger partial charge in [-0.15, -0.1) is 0 Å². The highest BCUT2D eigenvalue weighted by atomic mass is 16.1. The lowest BCUT2D eigenvalue weighted by molar-refractivity contribution is 0.0950. The number of aryl methyl sites for hydroxylation is 2. The summed E-state index contributed by atoms with van der Waals surface area (Å²) in [6.07, 6.45) is 7.84. The van der Waals surface area contributed by atoms with Gasteiger partial charge in [-0.3, -0.25) is 4.79 Å². The second-order valence-electron chi connectivity index (χ2n) is 6.07. The van der Waals surface area contributed by atoms with Crippen molar-refractivity contribution >= 4 is 11.6 Å². The van der Waals surface area contributed by atoms with Crippen LogP contribution in [0.4, 0.5) is 5.69 Å². The van der Waals surface area contributed by atoms with Crippen molar-refractivity contribution in [3.63, 3.8) is 0 Å². The zero-order valence-electron chi connectivity index (χ0n) is 12.7. The van der Waals surface area contributed by atoms with Gasteiger partial charge in [-0.05, 0) is 43.4 Å². The van der Waals surface area contributed by atoms with E-state index >= 15 is 0 Å². The van der Waals surface area contributed by atoms with Crippen LogP contribution in [0.25, 0.3) is 0 Å². The van der Waals surface area contributed by atoms with Crippen molar-refractivity contribution in [1.29, 1.82) is 0 Å². The van der Waals surface area contributed by atoms with Gasteiger partial charge in [-0.1, -0.05) is 38.2 Å². The average Bonchev–Trinajstić information content (AvgIpc) is 2.44. The molecule has 20 heavy (non-hydrogen) atoms. The largest absolute Gasteiger partial charge is 0.398 e. The molecule has 0 aromatic heterocycles. The Morgan fingerprint density at radius 3 is 2.60 bits per heavy atom. The molecule has 0 saturated heterocycles. The van der Waals surface area contributed by atoms with E-state index in [1.54, 1.807) is 6.07 Å². The highest BCUT2D eigenvalue weighted by molar-refractivity contribution is 5.96. The van der Waals surface area contributed by atoms with Crippen LogP contribution in [0.3, 0.4) is 0 Å². The predicted molar refractivity (Wildman–Crippen MR) is 83.9 cm³/mol. The fourth-order valence-corrected chi connectivity index (χ4v) is 3.07. The maximum Gasteiger partial charge on any atom is 0.251 e. The molecule has 3 heteroatoms. The van der Waals surface area contributed by atoms with E-state index < -0.39 is 0 Å². The normalized spacial score (nSPS) is 16.1. The molecule has 110 valence electrons. The molecular weight excluding hydrogens is 248 g/mol. The van der Waals surface area contributed by atoms with E-state index in [-0.39, 0.29) is 5.91 Å². The molecule has 0 aliphatic heterocycles. The third-order valence-corrected chi connectivity index (χ3v) is 4.42. The number of benzene rings is 1. The van der Waals surface area contributed by atoms with E-state index in [0.29, 0.717) is 11.3 Å². The van der Waals surface area contributed by atoms with Crippen LogP contribution in [-0.2, 0) is 0 Å². The van der Waals surface area contributed by atoms with Crippen molar-refractivity contribution in [2.24, 2.45) is 5.92 Å². The monoisotopic (exact) mass is 274 g/mol. The number of carbonyl (C=O) groups excluding carboxylic acids is 1. The summed E-state index contributed by atoms with van der Waals surface area (Å²) in [5.41, 5.74) is 9.31. The maximum absolute atomic E-state index is 12.2. The fraction of sp³-hybridized carbons (Fsp3) is 0.588. The van der Waals surface area contributed by atoms with Gasteiger partial charge in [-0.2, -0.15) is 0 Å². The van der Waals surface area contributed by atoms with E-state index in [1.807, 2.05) is 19.9 Å². The zero-order chi connectivity index (χ0) is 14.5. The van der Waals surface area contributed by atoms with Gasteiger partial charge in [0.05, 0.1) is 0 Å². The fourth-order valence-electron chi connectivity index (χ4n) is 3.07. The van der Waals surface area contributed by atoms with Crippen molar-refractivity contribution in [3.05, 3.63) is 28.8 Å². The topological polar surface area (TPSA) is 55.1 Å². The Kier molecular flexibility index (Phi) is 5.05. The molecule has 3 nitrogen and oxygen atoms in total. The van der Waals surface area contributed by atoms with Crippen molar-refractivity contribution in [3.8, 4) is 0 Å². The number of amides is 1. The summed E-state index contributed by atoms with van der Waals surface area (Å²) in [5, 5.41) is 3.04. The Morgan fingerprint density at radius 2 is 1.90 bits per heavy atom. The third-order valence-electron chi connectivity index (χ3n) is 4.42. The summed E-state index contributed by atoms with van der Waals surface area (Å²) in [5.74, 6) is 0.804. The van der Waals surface area contributed by atoms with E-state index in [4.69, 9.17) is 5.73 Å². The minimum absolute atomic E-state index is 0.00464. The molecule has 1 amide bonds. The molecule has 2 rings (SSSR count). The summed E-state index contributed by atoms with van der Waals surface area (Å²) in [6.45, 7) is 4.70. The summed E-state index contributed by atoms with van der Waals surface area (Å²) < 4.78 is 0. The first-order chi connectivity index (χ1) is 9.58. The molecule has 0 atom stereocenters. The maximum atomic E-state index is 12.2. The molecular formula is C17H26N2O. The van der Waals surface area contributed by atoms with Crippen molar-refractivity contribution in [1.82, 2.24) is 5.32 Å². The Balaban J connectivity index is 1.87. The summed E-state index contributed by atoms with van der Waals surface area (Å²) in [6, 6.07) is 3.77. The molecule has 3 N–H and O–H groups in total. The smallest absolute Gasteiger partial charge is 0.251 e. The minimum Gasteiger partial charge on any atom is -0.398 e. The second kappa shape index (κ2) is 6.78. The van der Waals surface area contributed by atoms with Gasteiger partial charge >= 0.3 is 0 Å². The number of anilines is 1. The lowest BCUT2D eigenvalue weighted by Gasteiger charge is -2.21. The highest BCUT2D eigenvalue weighted by Gasteiger charge is 2.14. The first kappa shape index (κ1) is 14.9. The van der Waals surface area contributed by atoms with Gasteiger partial charge in [0.25, 0.3) is 5.91 Å². The van der Waals surface area contributed by atoms with Gasteiger partial charge in [0, 0.05) is 17.8 Å². The van der Waals surface area contributed by atoms with Crippen molar-refractivity contribution in [2.45, 2.75) is 52.4 Å². The Hall–Kier alpha value is -1.51. The van der Waals surface area contributed by atoms with Crippen LogP contribution in [0.15, 0.2) is 12.1 Å². The van der Waals surface area contributed by atoms with E-state index in [0.717, 1.165) is 30.0 Å². The van der Waals surface area contributed by atoms with Crippen LogP contribution in [0.1, 0.15) is 60.0 Å². The number of hydrogen-bond acceptors (Lipinski definition) is 2. The number of hydrogen-bond donors (Lipinski definition) is 2. The van der Waals surface area contributed by atoms with Gasteiger partial charge in [0.2, 0.25) is 0 Å². The molecule has 0 bridgehead atoms.